The molecule has 1 aliphatic carbocycles. The van der Waals surface area contributed by atoms with Gasteiger partial charge in [-0.2, -0.15) is 0 Å². The normalized spacial score (nSPS) is 15.4. The summed E-state index contributed by atoms with van der Waals surface area (Å²) in [4.78, 5) is 27.0. The van der Waals surface area contributed by atoms with Gasteiger partial charge in [0.25, 0.3) is 0 Å². The Bertz CT molecular complexity index is 581. The first kappa shape index (κ1) is 28.1. The Morgan fingerprint density at radius 1 is 0.875 bits per heavy atom. The molecule has 0 aromatic carbocycles. The summed E-state index contributed by atoms with van der Waals surface area (Å²) in [6.45, 7) is 10.2. The highest BCUT2D eigenvalue weighted by Crippen LogP contribution is 2.20. The standard InChI is InChI=1S/C26H46N2O4/c1-5-9-11-21(7-3)25(29)31-19-17-28(24-15-13-23(27)14-16-24)18-20-32-26(30)22(8-4)12-10-6-2/h13,15,21-22H,5-12,14,16-20,27H2,1-4H3. The fourth-order valence-corrected chi connectivity index (χ4v) is 3.93. The second-order valence-corrected chi connectivity index (χ2v) is 8.72. The lowest BCUT2D eigenvalue weighted by molar-refractivity contribution is -0.149. The second-order valence-electron chi connectivity index (χ2n) is 8.72. The van der Waals surface area contributed by atoms with Crippen molar-refractivity contribution in [1.82, 2.24) is 4.90 Å². The maximum Gasteiger partial charge on any atom is 0.308 e. The molecule has 0 amide bonds. The van der Waals surface area contributed by atoms with Crippen LogP contribution in [-0.2, 0) is 19.1 Å². The molecule has 1 aliphatic rings. The summed E-state index contributed by atoms with van der Waals surface area (Å²) in [5.41, 5.74) is 7.92. The number of unbranched alkanes of at least 4 members (excludes halogenated alkanes) is 2. The number of nitrogens with zero attached hydrogens (tertiary/aromatic N) is 1. The molecule has 0 radical (unpaired) electrons. The predicted molar refractivity (Wildman–Crippen MR) is 130 cm³/mol. The first-order chi connectivity index (χ1) is 15.5. The Hall–Kier alpha value is -1.98. The third-order valence-corrected chi connectivity index (χ3v) is 6.24. The van der Waals surface area contributed by atoms with Crippen LogP contribution in [0.1, 0.15) is 91.9 Å². The van der Waals surface area contributed by atoms with Crippen LogP contribution in [-0.4, -0.2) is 43.1 Å². The van der Waals surface area contributed by atoms with Crippen LogP contribution in [0.25, 0.3) is 0 Å². The van der Waals surface area contributed by atoms with E-state index in [0.29, 0.717) is 26.3 Å². The van der Waals surface area contributed by atoms with Crippen LogP contribution >= 0.6 is 0 Å². The van der Waals surface area contributed by atoms with Crippen molar-refractivity contribution in [3.05, 3.63) is 23.5 Å². The fourth-order valence-electron chi connectivity index (χ4n) is 3.93. The number of nitrogens with two attached hydrogens (primary N) is 1. The molecule has 0 saturated heterocycles. The first-order valence-corrected chi connectivity index (χ1v) is 12.7. The topological polar surface area (TPSA) is 81.9 Å². The minimum atomic E-state index is -0.101. The van der Waals surface area contributed by atoms with Crippen LogP contribution in [0.2, 0.25) is 0 Å². The molecule has 1 rings (SSSR count). The molecule has 2 atom stereocenters. The van der Waals surface area contributed by atoms with E-state index < -0.39 is 0 Å². The number of carbonyl (C=O) groups is 2. The van der Waals surface area contributed by atoms with Crippen molar-refractivity contribution in [2.24, 2.45) is 17.6 Å². The summed E-state index contributed by atoms with van der Waals surface area (Å²) in [7, 11) is 0. The average Bonchev–Trinajstić information content (AvgIpc) is 2.79. The number of hydrogen-bond acceptors (Lipinski definition) is 6. The van der Waals surface area contributed by atoms with Crippen molar-refractivity contribution in [3.8, 4) is 0 Å². The molecule has 184 valence electrons. The highest BCUT2D eigenvalue weighted by atomic mass is 16.5. The number of ether oxygens (including phenoxy) is 2. The predicted octanol–water partition coefficient (Wildman–Crippen LogP) is 5.33. The summed E-state index contributed by atoms with van der Waals surface area (Å²) in [5.74, 6) is -0.239. The summed E-state index contributed by atoms with van der Waals surface area (Å²) in [6.07, 6.45) is 13.2. The van der Waals surface area contributed by atoms with Crippen LogP contribution in [0.4, 0.5) is 0 Å². The van der Waals surface area contributed by atoms with E-state index in [1.807, 2.05) is 26.0 Å². The van der Waals surface area contributed by atoms with Gasteiger partial charge in [-0.3, -0.25) is 9.59 Å². The molecule has 0 aromatic heterocycles. The van der Waals surface area contributed by atoms with E-state index in [1.165, 1.54) is 0 Å². The maximum atomic E-state index is 12.4. The van der Waals surface area contributed by atoms with Gasteiger partial charge in [-0.05, 0) is 50.7 Å². The fraction of sp³-hybridized carbons (Fsp3) is 0.769. The lowest BCUT2D eigenvalue weighted by Gasteiger charge is -2.29. The van der Waals surface area contributed by atoms with Crippen LogP contribution in [0.15, 0.2) is 23.5 Å². The molecule has 0 aromatic rings. The van der Waals surface area contributed by atoms with Gasteiger partial charge < -0.3 is 20.1 Å². The van der Waals surface area contributed by atoms with E-state index >= 15 is 0 Å². The van der Waals surface area contributed by atoms with Crippen LogP contribution < -0.4 is 5.73 Å². The quantitative estimate of drug-likeness (QED) is 0.302. The van der Waals surface area contributed by atoms with E-state index in [2.05, 4.69) is 18.7 Å². The molecular formula is C26H46N2O4. The molecule has 0 spiro atoms. The second kappa shape index (κ2) is 16.6. The Kier molecular flexibility index (Phi) is 14.6. The monoisotopic (exact) mass is 450 g/mol. The van der Waals surface area contributed by atoms with E-state index in [0.717, 1.165) is 75.6 Å². The van der Waals surface area contributed by atoms with Gasteiger partial charge in [-0.1, -0.05) is 53.4 Å². The van der Waals surface area contributed by atoms with Crippen LogP contribution in [0, 0.1) is 11.8 Å². The minimum absolute atomic E-state index is 0.0184. The van der Waals surface area contributed by atoms with Crippen molar-refractivity contribution >= 4 is 11.9 Å². The number of allylic oxidation sites excluding steroid dienone is 4. The summed E-state index contributed by atoms with van der Waals surface area (Å²) in [5, 5.41) is 0. The molecule has 32 heavy (non-hydrogen) atoms. The Morgan fingerprint density at radius 3 is 1.75 bits per heavy atom. The Labute approximate surface area is 195 Å². The van der Waals surface area contributed by atoms with Crippen LogP contribution in [0.3, 0.4) is 0 Å². The molecular weight excluding hydrogens is 404 g/mol. The number of hydrogen-bond donors (Lipinski definition) is 1. The third kappa shape index (κ3) is 10.6. The molecule has 2 N–H and O–H groups in total. The maximum absolute atomic E-state index is 12.4. The number of rotatable bonds is 17. The highest BCUT2D eigenvalue weighted by molar-refractivity contribution is 5.72. The van der Waals surface area contributed by atoms with Crippen molar-refractivity contribution in [1.29, 1.82) is 0 Å². The van der Waals surface area contributed by atoms with Gasteiger partial charge >= 0.3 is 11.9 Å². The molecule has 0 fully saturated rings. The van der Waals surface area contributed by atoms with Crippen molar-refractivity contribution in [2.45, 2.75) is 91.9 Å². The van der Waals surface area contributed by atoms with E-state index in [9.17, 15) is 9.59 Å². The zero-order valence-corrected chi connectivity index (χ0v) is 20.9. The van der Waals surface area contributed by atoms with E-state index in [4.69, 9.17) is 15.2 Å². The van der Waals surface area contributed by atoms with Gasteiger partial charge in [-0.15, -0.1) is 0 Å². The summed E-state index contributed by atoms with van der Waals surface area (Å²) >= 11 is 0. The van der Waals surface area contributed by atoms with Crippen molar-refractivity contribution in [3.63, 3.8) is 0 Å². The largest absolute Gasteiger partial charge is 0.464 e. The highest BCUT2D eigenvalue weighted by Gasteiger charge is 2.20. The van der Waals surface area contributed by atoms with E-state index in [-0.39, 0.29) is 23.8 Å². The van der Waals surface area contributed by atoms with Gasteiger partial charge in [0.1, 0.15) is 13.2 Å². The molecule has 0 bridgehead atoms. The molecule has 2 unspecified atom stereocenters. The first-order valence-electron chi connectivity index (χ1n) is 12.7. The average molecular weight is 451 g/mol. The lowest BCUT2D eigenvalue weighted by atomic mass is 10.00. The molecule has 6 nitrogen and oxygen atoms in total. The SMILES string of the molecule is CCCCC(CC)C(=O)OCCN(CCOC(=O)C(CC)CCCC)C1=CC=C(N)CC1. The van der Waals surface area contributed by atoms with Crippen molar-refractivity contribution in [2.75, 3.05) is 26.3 Å². The van der Waals surface area contributed by atoms with E-state index in [1.54, 1.807) is 0 Å². The number of carbonyl (C=O) groups excluding carboxylic acids is 2. The molecule has 6 heteroatoms. The van der Waals surface area contributed by atoms with Crippen molar-refractivity contribution < 1.29 is 19.1 Å². The molecule has 0 aliphatic heterocycles. The smallest absolute Gasteiger partial charge is 0.308 e. The van der Waals surface area contributed by atoms with Gasteiger partial charge in [0.05, 0.1) is 24.9 Å². The lowest BCUT2D eigenvalue weighted by Crippen LogP contribution is -2.33. The Balaban J connectivity index is 2.60. The number of esters is 2. The van der Waals surface area contributed by atoms with Gasteiger partial charge in [-0.25, -0.2) is 0 Å². The molecule has 0 saturated carbocycles. The third-order valence-electron chi connectivity index (χ3n) is 6.24. The summed E-state index contributed by atoms with van der Waals surface area (Å²) < 4.78 is 11.2. The molecule has 0 heterocycles. The van der Waals surface area contributed by atoms with Gasteiger partial charge in [0.2, 0.25) is 0 Å². The van der Waals surface area contributed by atoms with Gasteiger partial charge in [0, 0.05) is 11.4 Å². The summed E-state index contributed by atoms with van der Waals surface area (Å²) in [6, 6.07) is 0. The zero-order valence-electron chi connectivity index (χ0n) is 20.9. The minimum Gasteiger partial charge on any atom is -0.464 e. The van der Waals surface area contributed by atoms with Gasteiger partial charge in [0.15, 0.2) is 0 Å². The zero-order chi connectivity index (χ0) is 23.8. The Morgan fingerprint density at radius 2 is 1.38 bits per heavy atom. The van der Waals surface area contributed by atoms with Crippen LogP contribution in [0.5, 0.6) is 0 Å².